The molecule has 70 valence electrons. The Morgan fingerprint density at radius 3 is 2.69 bits per heavy atom. The highest BCUT2D eigenvalue weighted by molar-refractivity contribution is 6.30. The van der Waals surface area contributed by atoms with E-state index in [-0.39, 0.29) is 6.10 Å². The van der Waals surface area contributed by atoms with Crippen molar-refractivity contribution in [1.29, 1.82) is 0 Å². The number of hydrogen-bond donors (Lipinski definition) is 1. The van der Waals surface area contributed by atoms with Crippen molar-refractivity contribution < 1.29 is 4.74 Å². The Balaban J connectivity index is 2.10. The molecule has 13 heavy (non-hydrogen) atoms. The van der Waals surface area contributed by atoms with E-state index in [1.165, 1.54) is 5.56 Å². The fourth-order valence-electron chi connectivity index (χ4n) is 1.46. The standard InChI is InChI=1S/C10H12ClNO/c11-9-3-1-8(2-4-9)10-7-12-5-6-13-10/h1-4,10,12H,5-7H2/t10-/m0/s1. The maximum absolute atomic E-state index is 5.79. The molecule has 0 bridgehead atoms. The first kappa shape index (κ1) is 9.00. The van der Waals surface area contributed by atoms with E-state index in [2.05, 4.69) is 5.32 Å². The molecule has 1 atom stereocenters. The van der Waals surface area contributed by atoms with E-state index in [4.69, 9.17) is 16.3 Å². The zero-order valence-corrected chi connectivity index (χ0v) is 8.05. The van der Waals surface area contributed by atoms with Crippen LogP contribution in [0.2, 0.25) is 5.02 Å². The van der Waals surface area contributed by atoms with Gasteiger partial charge in [-0.1, -0.05) is 23.7 Å². The maximum atomic E-state index is 5.79. The summed E-state index contributed by atoms with van der Waals surface area (Å²) in [5.74, 6) is 0. The molecule has 1 aromatic carbocycles. The molecule has 0 amide bonds. The first-order chi connectivity index (χ1) is 6.36. The molecular weight excluding hydrogens is 186 g/mol. The summed E-state index contributed by atoms with van der Waals surface area (Å²) in [4.78, 5) is 0. The lowest BCUT2D eigenvalue weighted by molar-refractivity contribution is 0.0277. The molecule has 1 heterocycles. The number of nitrogens with one attached hydrogen (secondary N) is 1. The monoisotopic (exact) mass is 197 g/mol. The minimum Gasteiger partial charge on any atom is -0.371 e. The van der Waals surface area contributed by atoms with Crippen LogP contribution in [-0.2, 0) is 4.74 Å². The molecule has 0 aliphatic carbocycles. The van der Waals surface area contributed by atoms with Crippen LogP contribution in [0.4, 0.5) is 0 Å². The molecule has 1 N–H and O–H groups in total. The van der Waals surface area contributed by atoms with Crippen LogP contribution in [0.3, 0.4) is 0 Å². The molecule has 1 aromatic rings. The molecule has 0 saturated carbocycles. The number of morpholine rings is 1. The molecule has 1 aliphatic rings. The van der Waals surface area contributed by atoms with Crippen LogP contribution < -0.4 is 5.32 Å². The largest absolute Gasteiger partial charge is 0.371 e. The van der Waals surface area contributed by atoms with Gasteiger partial charge in [0.15, 0.2) is 0 Å². The Labute approximate surface area is 82.9 Å². The fraction of sp³-hybridized carbons (Fsp3) is 0.400. The Kier molecular flexibility index (Phi) is 2.83. The van der Waals surface area contributed by atoms with Gasteiger partial charge in [0.2, 0.25) is 0 Å². The molecule has 0 unspecified atom stereocenters. The van der Waals surface area contributed by atoms with Gasteiger partial charge in [-0.25, -0.2) is 0 Å². The zero-order chi connectivity index (χ0) is 9.10. The summed E-state index contributed by atoms with van der Waals surface area (Å²) in [7, 11) is 0. The summed E-state index contributed by atoms with van der Waals surface area (Å²) in [5.41, 5.74) is 1.19. The van der Waals surface area contributed by atoms with Crippen molar-refractivity contribution in [2.75, 3.05) is 19.7 Å². The molecule has 1 saturated heterocycles. The van der Waals surface area contributed by atoms with Crippen LogP contribution in [0.25, 0.3) is 0 Å². The van der Waals surface area contributed by atoms with E-state index >= 15 is 0 Å². The summed E-state index contributed by atoms with van der Waals surface area (Å²) in [6.45, 7) is 2.62. The second kappa shape index (κ2) is 4.09. The lowest BCUT2D eigenvalue weighted by Gasteiger charge is -2.23. The van der Waals surface area contributed by atoms with Gasteiger partial charge in [0.05, 0.1) is 12.7 Å². The lowest BCUT2D eigenvalue weighted by atomic mass is 10.1. The van der Waals surface area contributed by atoms with Crippen LogP contribution in [-0.4, -0.2) is 19.7 Å². The molecule has 1 aliphatic heterocycles. The Bertz CT molecular complexity index is 267. The van der Waals surface area contributed by atoms with Crippen LogP contribution in [0.5, 0.6) is 0 Å². The van der Waals surface area contributed by atoms with Crippen molar-refractivity contribution in [3.05, 3.63) is 34.9 Å². The molecule has 3 heteroatoms. The molecular formula is C10H12ClNO. The zero-order valence-electron chi connectivity index (χ0n) is 7.29. The second-order valence-corrected chi connectivity index (χ2v) is 3.55. The van der Waals surface area contributed by atoms with Crippen molar-refractivity contribution in [3.8, 4) is 0 Å². The van der Waals surface area contributed by atoms with E-state index in [0.717, 1.165) is 24.7 Å². The molecule has 2 nitrogen and oxygen atoms in total. The van der Waals surface area contributed by atoms with E-state index in [1.54, 1.807) is 0 Å². The fourth-order valence-corrected chi connectivity index (χ4v) is 1.58. The topological polar surface area (TPSA) is 21.3 Å². The molecule has 0 spiro atoms. The minimum atomic E-state index is 0.186. The Morgan fingerprint density at radius 1 is 1.31 bits per heavy atom. The third-order valence-corrected chi connectivity index (χ3v) is 2.42. The number of halogens is 1. The Morgan fingerprint density at radius 2 is 2.08 bits per heavy atom. The minimum absolute atomic E-state index is 0.186. The van der Waals surface area contributed by atoms with Gasteiger partial charge in [-0.2, -0.15) is 0 Å². The van der Waals surface area contributed by atoms with Crippen molar-refractivity contribution in [2.24, 2.45) is 0 Å². The summed E-state index contributed by atoms with van der Waals surface area (Å²) in [6, 6.07) is 7.82. The third-order valence-electron chi connectivity index (χ3n) is 2.17. The van der Waals surface area contributed by atoms with Gasteiger partial charge in [-0.3, -0.25) is 0 Å². The van der Waals surface area contributed by atoms with Crippen LogP contribution in [0.1, 0.15) is 11.7 Å². The van der Waals surface area contributed by atoms with Crippen LogP contribution in [0.15, 0.2) is 24.3 Å². The van der Waals surface area contributed by atoms with Gasteiger partial charge in [0.1, 0.15) is 0 Å². The first-order valence-electron chi connectivity index (χ1n) is 4.44. The smallest absolute Gasteiger partial charge is 0.0949 e. The summed E-state index contributed by atoms with van der Waals surface area (Å²) >= 11 is 5.79. The summed E-state index contributed by atoms with van der Waals surface area (Å²) < 4.78 is 5.60. The van der Waals surface area contributed by atoms with E-state index in [9.17, 15) is 0 Å². The SMILES string of the molecule is Clc1ccc([C@@H]2CNCCO2)cc1. The van der Waals surface area contributed by atoms with Gasteiger partial charge in [0, 0.05) is 18.1 Å². The average Bonchev–Trinajstić information content (AvgIpc) is 2.20. The van der Waals surface area contributed by atoms with Gasteiger partial charge >= 0.3 is 0 Å². The second-order valence-electron chi connectivity index (χ2n) is 3.12. The summed E-state index contributed by atoms with van der Waals surface area (Å²) in [5, 5.41) is 4.06. The molecule has 2 rings (SSSR count). The maximum Gasteiger partial charge on any atom is 0.0949 e. The van der Waals surface area contributed by atoms with Crippen molar-refractivity contribution in [2.45, 2.75) is 6.10 Å². The molecule has 1 fully saturated rings. The number of ether oxygens (including phenoxy) is 1. The van der Waals surface area contributed by atoms with Crippen LogP contribution >= 0.6 is 11.6 Å². The highest BCUT2D eigenvalue weighted by Crippen LogP contribution is 2.20. The first-order valence-corrected chi connectivity index (χ1v) is 4.82. The van der Waals surface area contributed by atoms with Gasteiger partial charge in [-0.05, 0) is 17.7 Å². The highest BCUT2D eigenvalue weighted by atomic mass is 35.5. The highest BCUT2D eigenvalue weighted by Gasteiger charge is 2.14. The van der Waals surface area contributed by atoms with E-state index < -0.39 is 0 Å². The van der Waals surface area contributed by atoms with Crippen molar-refractivity contribution in [3.63, 3.8) is 0 Å². The van der Waals surface area contributed by atoms with Crippen molar-refractivity contribution in [1.82, 2.24) is 5.32 Å². The predicted molar refractivity (Wildman–Crippen MR) is 53.0 cm³/mol. The van der Waals surface area contributed by atoms with Gasteiger partial charge < -0.3 is 10.1 Å². The average molecular weight is 198 g/mol. The van der Waals surface area contributed by atoms with Crippen molar-refractivity contribution >= 4 is 11.6 Å². The van der Waals surface area contributed by atoms with Crippen LogP contribution in [0, 0.1) is 0 Å². The lowest BCUT2D eigenvalue weighted by Crippen LogP contribution is -2.33. The quantitative estimate of drug-likeness (QED) is 0.744. The van der Waals surface area contributed by atoms with Gasteiger partial charge in [0.25, 0.3) is 0 Å². The number of hydrogen-bond acceptors (Lipinski definition) is 2. The Hall–Kier alpha value is -0.570. The van der Waals surface area contributed by atoms with Gasteiger partial charge in [-0.15, -0.1) is 0 Å². The number of benzene rings is 1. The molecule has 0 aromatic heterocycles. The molecule has 0 radical (unpaired) electrons. The summed E-state index contributed by atoms with van der Waals surface area (Å²) in [6.07, 6.45) is 0.186. The van der Waals surface area contributed by atoms with E-state index in [0.29, 0.717) is 0 Å². The normalized spacial score (nSPS) is 23.0. The number of rotatable bonds is 1. The predicted octanol–water partition coefficient (Wildman–Crippen LogP) is 2.00. The third kappa shape index (κ3) is 2.21. The van der Waals surface area contributed by atoms with E-state index in [1.807, 2.05) is 24.3 Å².